The summed E-state index contributed by atoms with van der Waals surface area (Å²) in [4.78, 5) is 14.6. The van der Waals surface area contributed by atoms with Gasteiger partial charge in [0.15, 0.2) is 4.34 Å². The van der Waals surface area contributed by atoms with Crippen LogP contribution in [0.5, 0.6) is 0 Å². The summed E-state index contributed by atoms with van der Waals surface area (Å²) in [5, 5.41) is 8.70. The lowest BCUT2D eigenvalue weighted by Crippen LogP contribution is -2.36. The quantitative estimate of drug-likeness (QED) is 0.486. The Kier molecular flexibility index (Phi) is 7.52. The molecule has 0 aliphatic heterocycles. The van der Waals surface area contributed by atoms with Gasteiger partial charge in [-0.25, -0.2) is 0 Å². The highest BCUT2D eigenvalue weighted by Crippen LogP contribution is 2.28. The number of aromatic nitrogens is 2. The van der Waals surface area contributed by atoms with Crippen molar-refractivity contribution in [3.63, 3.8) is 0 Å². The second-order valence-electron chi connectivity index (χ2n) is 5.18. The lowest BCUT2D eigenvalue weighted by molar-refractivity contribution is -0.118. The number of carbonyl (C=O) groups excluding carboxylic acids is 1. The Bertz CT molecular complexity index is 677. The van der Waals surface area contributed by atoms with E-state index in [2.05, 4.69) is 24.0 Å². The van der Waals surface area contributed by atoms with Crippen LogP contribution in [0.1, 0.15) is 37.8 Å². The largest absolute Gasteiger partial charge is 0.304 e. The Labute approximate surface area is 156 Å². The third kappa shape index (κ3) is 4.71. The van der Waals surface area contributed by atoms with E-state index in [1.54, 1.807) is 16.7 Å². The Hall–Kier alpha value is -1.11. The number of rotatable bonds is 8. The van der Waals surface area contributed by atoms with Gasteiger partial charge in [0.1, 0.15) is 10.4 Å². The normalized spacial score (nSPS) is 12.2. The van der Waals surface area contributed by atoms with Crippen molar-refractivity contribution < 1.29 is 4.79 Å². The molecular formula is C17H22ClN3OS2. The van der Waals surface area contributed by atoms with Gasteiger partial charge in [0.2, 0.25) is 5.91 Å². The molecule has 1 aromatic heterocycles. The molecule has 130 valence electrons. The molecule has 0 aliphatic carbocycles. The van der Waals surface area contributed by atoms with Crippen molar-refractivity contribution in [3.8, 4) is 0 Å². The van der Waals surface area contributed by atoms with E-state index in [0.29, 0.717) is 13.0 Å². The first-order chi connectivity index (χ1) is 11.6. The van der Waals surface area contributed by atoms with Crippen molar-refractivity contribution in [1.82, 2.24) is 10.2 Å². The van der Waals surface area contributed by atoms with Gasteiger partial charge in [-0.15, -0.1) is 21.8 Å². The standard InChI is InChI=1S/C17H22ClN3OS2/c1-4-12-9-7-8-10-14(12)21(16(22)13(18)5-2)11-15-19-20-17(24-15)23-6-3/h7-10,13H,4-6,11H2,1-3H3. The van der Waals surface area contributed by atoms with Gasteiger partial charge in [0.05, 0.1) is 6.54 Å². The number of aryl methyl sites for hydroxylation is 1. The van der Waals surface area contributed by atoms with Gasteiger partial charge in [-0.2, -0.15) is 0 Å². The molecule has 0 bridgehead atoms. The molecule has 0 radical (unpaired) electrons. The van der Waals surface area contributed by atoms with Crippen LogP contribution < -0.4 is 4.90 Å². The van der Waals surface area contributed by atoms with Gasteiger partial charge in [-0.1, -0.05) is 62.1 Å². The third-order valence-electron chi connectivity index (χ3n) is 3.57. The minimum absolute atomic E-state index is 0.0834. The van der Waals surface area contributed by atoms with E-state index in [4.69, 9.17) is 11.6 Å². The minimum Gasteiger partial charge on any atom is -0.304 e. The predicted molar refractivity (Wildman–Crippen MR) is 103 cm³/mol. The van der Waals surface area contributed by atoms with E-state index in [1.807, 2.05) is 31.2 Å². The Morgan fingerprint density at radius 3 is 2.71 bits per heavy atom. The van der Waals surface area contributed by atoms with Crippen LogP contribution in [0, 0.1) is 0 Å². The zero-order valence-electron chi connectivity index (χ0n) is 14.2. The zero-order chi connectivity index (χ0) is 17.5. The Morgan fingerprint density at radius 1 is 1.29 bits per heavy atom. The third-order valence-corrected chi connectivity index (χ3v) is 5.98. The number of halogens is 1. The fourth-order valence-corrected chi connectivity index (χ4v) is 4.22. The van der Waals surface area contributed by atoms with E-state index < -0.39 is 5.38 Å². The number of thioether (sulfide) groups is 1. The number of hydrogen-bond acceptors (Lipinski definition) is 5. The maximum absolute atomic E-state index is 12.8. The highest BCUT2D eigenvalue weighted by atomic mass is 35.5. The van der Waals surface area contributed by atoms with E-state index in [9.17, 15) is 4.79 Å². The average Bonchev–Trinajstić information content (AvgIpc) is 3.06. The number of alkyl halides is 1. The van der Waals surface area contributed by atoms with Crippen molar-refractivity contribution in [2.75, 3.05) is 10.7 Å². The predicted octanol–water partition coefficient (Wildman–Crippen LogP) is 4.76. The topological polar surface area (TPSA) is 46.1 Å². The molecule has 2 aromatic rings. The minimum atomic E-state index is -0.535. The van der Waals surface area contributed by atoms with E-state index in [-0.39, 0.29) is 5.91 Å². The molecule has 1 amide bonds. The number of para-hydroxylation sites is 1. The fraction of sp³-hybridized carbons (Fsp3) is 0.471. The second-order valence-corrected chi connectivity index (χ2v) is 8.28. The molecular weight excluding hydrogens is 362 g/mol. The lowest BCUT2D eigenvalue weighted by atomic mass is 10.1. The number of hydrogen-bond donors (Lipinski definition) is 0. The highest BCUT2D eigenvalue weighted by molar-refractivity contribution is 8.00. The van der Waals surface area contributed by atoms with Gasteiger partial charge in [0, 0.05) is 5.69 Å². The maximum atomic E-state index is 12.8. The monoisotopic (exact) mass is 383 g/mol. The molecule has 2 rings (SSSR count). The van der Waals surface area contributed by atoms with Crippen molar-refractivity contribution in [2.45, 2.75) is 49.9 Å². The lowest BCUT2D eigenvalue weighted by Gasteiger charge is -2.26. The summed E-state index contributed by atoms with van der Waals surface area (Å²) in [6, 6.07) is 7.95. The van der Waals surface area contributed by atoms with Crippen LogP contribution in [0.3, 0.4) is 0 Å². The molecule has 0 fully saturated rings. The molecule has 7 heteroatoms. The molecule has 1 heterocycles. The molecule has 0 N–H and O–H groups in total. The number of nitrogens with zero attached hydrogens (tertiary/aromatic N) is 3. The fourth-order valence-electron chi connectivity index (χ4n) is 2.32. The van der Waals surface area contributed by atoms with Crippen LogP contribution in [0.4, 0.5) is 5.69 Å². The molecule has 0 saturated carbocycles. The van der Waals surface area contributed by atoms with E-state index >= 15 is 0 Å². The first-order valence-corrected chi connectivity index (χ1v) is 10.3. The van der Waals surface area contributed by atoms with Crippen LogP contribution >= 0.6 is 34.7 Å². The summed E-state index contributed by atoms with van der Waals surface area (Å²) in [6.07, 6.45) is 1.45. The number of amides is 1. The Morgan fingerprint density at radius 2 is 2.04 bits per heavy atom. The van der Waals surface area contributed by atoms with Crippen molar-refractivity contribution in [2.24, 2.45) is 0 Å². The summed E-state index contributed by atoms with van der Waals surface area (Å²) < 4.78 is 0.932. The number of carbonyl (C=O) groups is 1. The van der Waals surface area contributed by atoms with Crippen LogP contribution in [-0.2, 0) is 17.8 Å². The Balaban J connectivity index is 2.33. The SMILES string of the molecule is CCSc1nnc(CN(C(=O)C(Cl)CC)c2ccccc2CC)s1. The summed E-state index contributed by atoms with van der Waals surface area (Å²) in [5.41, 5.74) is 2.03. The molecule has 0 aliphatic rings. The molecule has 1 atom stereocenters. The smallest absolute Gasteiger partial charge is 0.245 e. The maximum Gasteiger partial charge on any atom is 0.245 e. The van der Waals surface area contributed by atoms with Crippen LogP contribution in [-0.4, -0.2) is 27.2 Å². The number of anilines is 1. The van der Waals surface area contributed by atoms with E-state index in [0.717, 1.165) is 32.8 Å². The van der Waals surface area contributed by atoms with Crippen LogP contribution in [0.2, 0.25) is 0 Å². The second kappa shape index (κ2) is 9.39. The van der Waals surface area contributed by atoms with Crippen molar-refractivity contribution in [1.29, 1.82) is 0 Å². The van der Waals surface area contributed by atoms with Crippen LogP contribution in [0.15, 0.2) is 28.6 Å². The summed E-state index contributed by atoms with van der Waals surface area (Å²) in [7, 11) is 0. The molecule has 1 unspecified atom stereocenters. The first-order valence-electron chi connectivity index (χ1n) is 8.09. The average molecular weight is 384 g/mol. The summed E-state index contributed by atoms with van der Waals surface area (Å²) >= 11 is 9.44. The molecule has 0 spiro atoms. The van der Waals surface area contributed by atoms with Gasteiger partial charge in [0.25, 0.3) is 0 Å². The van der Waals surface area contributed by atoms with Gasteiger partial charge in [-0.3, -0.25) is 4.79 Å². The zero-order valence-corrected chi connectivity index (χ0v) is 16.5. The molecule has 24 heavy (non-hydrogen) atoms. The molecule has 1 aromatic carbocycles. The summed E-state index contributed by atoms with van der Waals surface area (Å²) in [6.45, 7) is 6.49. The first kappa shape index (κ1) is 19.2. The van der Waals surface area contributed by atoms with E-state index in [1.165, 1.54) is 11.3 Å². The van der Waals surface area contributed by atoms with Crippen LogP contribution in [0.25, 0.3) is 0 Å². The van der Waals surface area contributed by atoms with Gasteiger partial charge < -0.3 is 4.90 Å². The molecule has 0 saturated heterocycles. The number of benzene rings is 1. The van der Waals surface area contributed by atoms with Gasteiger partial charge >= 0.3 is 0 Å². The van der Waals surface area contributed by atoms with Gasteiger partial charge in [-0.05, 0) is 30.2 Å². The van der Waals surface area contributed by atoms with Crippen molar-refractivity contribution in [3.05, 3.63) is 34.8 Å². The molecule has 4 nitrogen and oxygen atoms in total. The highest BCUT2D eigenvalue weighted by Gasteiger charge is 2.25. The van der Waals surface area contributed by atoms with Crippen molar-refractivity contribution >= 4 is 46.3 Å². The summed E-state index contributed by atoms with van der Waals surface area (Å²) in [5.74, 6) is 0.871.